The summed E-state index contributed by atoms with van der Waals surface area (Å²) in [5, 5.41) is 4.96. The van der Waals surface area contributed by atoms with Crippen molar-refractivity contribution in [1.82, 2.24) is 5.32 Å². The zero-order valence-corrected chi connectivity index (χ0v) is 22.6. The van der Waals surface area contributed by atoms with Crippen LogP contribution in [0.4, 0.5) is 20.6 Å². The molecule has 5 amide bonds. The summed E-state index contributed by atoms with van der Waals surface area (Å²) in [6.07, 6.45) is 1.24. The molecule has 0 aliphatic carbocycles. The van der Waals surface area contributed by atoms with Crippen LogP contribution in [0.2, 0.25) is 5.02 Å². The molecule has 4 rings (SSSR count). The number of benzene rings is 3. The van der Waals surface area contributed by atoms with Crippen LogP contribution in [-0.2, 0) is 14.4 Å². The van der Waals surface area contributed by atoms with Gasteiger partial charge in [0, 0.05) is 5.69 Å². The van der Waals surface area contributed by atoms with Crippen LogP contribution >= 0.6 is 11.6 Å². The lowest BCUT2D eigenvalue weighted by atomic mass is 10.1. The van der Waals surface area contributed by atoms with Gasteiger partial charge in [-0.05, 0) is 86.0 Å². The van der Waals surface area contributed by atoms with Gasteiger partial charge in [-0.3, -0.25) is 19.7 Å². The molecule has 1 aliphatic heterocycles. The van der Waals surface area contributed by atoms with E-state index in [0.717, 1.165) is 28.2 Å². The number of carbonyl (C=O) groups is 4. The second-order valence-electron chi connectivity index (χ2n) is 8.85. The second-order valence-corrected chi connectivity index (χ2v) is 9.26. The zero-order chi connectivity index (χ0) is 29.0. The molecule has 0 bridgehead atoms. The molecule has 1 aliphatic rings. The molecule has 40 heavy (non-hydrogen) atoms. The fourth-order valence-electron chi connectivity index (χ4n) is 3.92. The number of halogens is 2. The highest BCUT2D eigenvalue weighted by molar-refractivity contribution is 6.39. The molecule has 1 fully saturated rings. The number of nitrogens with one attached hydrogen (secondary N) is 2. The second kappa shape index (κ2) is 12.0. The van der Waals surface area contributed by atoms with Gasteiger partial charge in [0.1, 0.15) is 11.4 Å². The number of hydrogen-bond acceptors (Lipinski definition) is 6. The Bertz CT molecular complexity index is 1540. The Morgan fingerprint density at radius 2 is 1.77 bits per heavy atom. The lowest BCUT2D eigenvalue weighted by Crippen LogP contribution is -2.54. The maximum absolute atomic E-state index is 13.3. The van der Waals surface area contributed by atoms with E-state index in [9.17, 15) is 23.6 Å². The molecule has 0 aromatic heterocycles. The lowest BCUT2D eigenvalue weighted by Gasteiger charge is -2.26. The van der Waals surface area contributed by atoms with Gasteiger partial charge in [0.15, 0.2) is 18.1 Å². The number of amides is 5. The van der Waals surface area contributed by atoms with Gasteiger partial charge >= 0.3 is 6.03 Å². The molecule has 0 saturated carbocycles. The third-order valence-electron chi connectivity index (χ3n) is 5.84. The maximum atomic E-state index is 13.3. The van der Waals surface area contributed by atoms with Crippen molar-refractivity contribution in [2.45, 2.75) is 20.8 Å². The quantitative estimate of drug-likeness (QED) is 0.287. The molecule has 0 unspecified atom stereocenters. The number of ether oxygens (including phenoxy) is 2. The van der Waals surface area contributed by atoms with Crippen LogP contribution < -0.4 is 25.0 Å². The molecular weight excluding hydrogens is 541 g/mol. The minimum absolute atomic E-state index is 0.0625. The summed E-state index contributed by atoms with van der Waals surface area (Å²) in [5.74, 6) is -2.50. The highest BCUT2D eigenvalue weighted by Crippen LogP contribution is 2.37. The molecule has 1 heterocycles. The van der Waals surface area contributed by atoms with E-state index in [4.69, 9.17) is 21.1 Å². The third-order valence-corrected chi connectivity index (χ3v) is 6.12. The fraction of sp³-hybridized carbons (Fsp3) is 0.172. The van der Waals surface area contributed by atoms with Crippen molar-refractivity contribution in [1.29, 1.82) is 0 Å². The lowest BCUT2D eigenvalue weighted by molar-refractivity contribution is -0.122. The monoisotopic (exact) mass is 565 g/mol. The average Bonchev–Trinajstić information content (AvgIpc) is 2.89. The Kier molecular flexibility index (Phi) is 8.49. The van der Waals surface area contributed by atoms with Crippen molar-refractivity contribution in [3.8, 4) is 11.5 Å². The summed E-state index contributed by atoms with van der Waals surface area (Å²) in [6.45, 7) is 5.40. The van der Waals surface area contributed by atoms with Crippen LogP contribution in [0.1, 0.15) is 23.6 Å². The molecule has 2 N–H and O–H groups in total. The van der Waals surface area contributed by atoms with Crippen molar-refractivity contribution < 1.29 is 33.0 Å². The topological polar surface area (TPSA) is 114 Å². The fourth-order valence-corrected chi connectivity index (χ4v) is 4.19. The van der Waals surface area contributed by atoms with E-state index >= 15 is 0 Å². The summed E-state index contributed by atoms with van der Waals surface area (Å²) in [4.78, 5) is 51.3. The first kappa shape index (κ1) is 28.3. The van der Waals surface area contributed by atoms with Crippen LogP contribution in [0.15, 0.2) is 60.2 Å². The van der Waals surface area contributed by atoms with Gasteiger partial charge in [-0.25, -0.2) is 14.1 Å². The Balaban J connectivity index is 1.58. The van der Waals surface area contributed by atoms with Crippen LogP contribution in [-0.4, -0.2) is 37.0 Å². The van der Waals surface area contributed by atoms with Crippen LogP contribution in [0.5, 0.6) is 11.5 Å². The van der Waals surface area contributed by atoms with E-state index in [1.807, 2.05) is 32.0 Å². The molecule has 9 nitrogen and oxygen atoms in total. The highest BCUT2D eigenvalue weighted by atomic mass is 35.5. The maximum Gasteiger partial charge on any atom is 0.335 e. The van der Waals surface area contributed by atoms with E-state index in [0.29, 0.717) is 11.3 Å². The first-order valence-corrected chi connectivity index (χ1v) is 12.6. The SMILES string of the molecule is CCOc1cc(/C=C2\C(=O)NC(=O)N(c3ccc(F)cc3)C2=O)cc(Cl)c1OCC(=O)Nc1cc(C)ccc1C. The predicted octanol–water partition coefficient (Wildman–Crippen LogP) is 5.18. The number of aryl methyl sites for hydroxylation is 2. The molecule has 206 valence electrons. The molecule has 0 spiro atoms. The number of barbiturate groups is 1. The highest BCUT2D eigenvalue weighted by Gasteiger charge is 2.37. The normalized spacial score (nSPS) is 14.3. The first-order valence-electron chi connectivity index (χ1n) is 12.2. The Hall–Kier alpha value is -4.70. The molecule has 0 radical (unpaired) electrons. The Labute approximate surface area is 234 Å². The standard InChI is InChI=1S/C29H25ClFN3O6/c1-4-39-24-14-18(12-21-27(36)33-29(38)34(28(21)37)20-9-7-19(31)8-10-20)13-22(30)26(24)40-15-25(35)32-23-11-16(2)5-6-17(23)3/h5-14H,4,15H2,1-3H3,(H,32,35)(H,33,36,38)/b21-12+. The molecule has 3 aromatic carbocycles. The molecule has 3 aromatic rings. The molecular formula is C29H25ClFN3O6. The van der Waals surface area contributed by atoms with E-state index in [1.54, 1.807) is 6.92 Å². The first-order chi connectivity index (χ1) is 19.1. The molecule has 0 atom stereocenters. The number of anilines is 2. The minimum atomic E-state index is -0.963. The smallest absolute Gasteiger partial charge is 0.335 e. The van der Waals surface area contributed by atoms with Crippen molar-refractivity contribution in [2.75, 3.05) is 23.4 Å². The van der Waals surface area contributed by atoms with Crippen molar-refractivity contribution in [3.05, 3.63) is 87.7 Å². The average molecular weight is 566 g/mol. The zero-order valence-electron chi connectivity index (χ0n) is 21.8. The van der Waals surface area contributed by atoms with Gasteiger partial charge in [0.05, 0.1) is 17.3 Å². The molecule has 1 saturated heterocycles. The van der Waals surface area contributed by atoms with Crippen molar-refractivity contribution in [3.63, 3.8) is 0 Å². The van der Waals surface area contributed by atoms with E-state index < -0.39 is 29.6 Å². The van der Waals surface area contributed by atoms with E-state index in [2.05, 4.69) is 10.6 Å². The van der Waals surface area contributed by atoms with Crippen LogP contribution in [0, 0.1) is 19.7 Å². The summed E-state index contributed by atoms with van der Waals surface area (Å²) in [5.41, 5.74) is 2.57. The van der Waals surface area contributed by atoms with Gasteiger partial charge in [-0.15, -0.1) is 0 Å². The summed E-state index contributed by atoms with van der Waals surface area (Å²) < 4.78 is 24.7. The van der Waals surface area contributed by atoms with Crippen LogP contribution in [0.25, 0.3) is 6.08 Å². The van der Waals surface area contributed by atoms with E-state index in [-0.39, 0.29) is 41.0 Å². The third kappa shape index (κ3) is 6.29. The van der Waals surface area contributed by atoms with Gasteiger partial charge < -0.3 is 14.8 Å². The van der Waals surface area contributed by atoms with Crippen LogP contribution in [0.3, 0.4) is 0 Å². The summed E-state index contributed by atoms with van der Waals surface area (Å²) in [7, 11) is 0. The Morgan fingerprint density at radius 1 is 1.05 bits per heavy atom. The number of nitrogens with zero attached hydrogens (tertiary/aromatic N) is 1. The number of carbonyl (C=O) groups excluding carboxylic acids is 4. The number of imide groups is 2. The van der Waals surface area contributed by atoms with Gasteiger partial charge in [0.2, 0.25) is 0 Å². The van der Waals surface area contributed by atoms with Crippen molar-refractivity contribution in [2.24, 2.45) is 0 Å². The Morgan fingerprint density at radius 3 is 2.48 bits per heavy atom. The number of hydrogen-bond donors (Lipinski definition) is 2. The van der Waals surface area contributed by atoms with E-state index in [1.165, 1.54) is 30.3 Å². The molecule has 11 heteroatoms. The van der Waals surface area contributed by atoms with Gasteiger partial charge in [-0.1, -0.05) is 23.7 Å². The largest absolute Gasteiger partial charge is 0.490 e. The van der Waals surface area contributed by atoms with Gasteiger partial charge in [0.25, 0.3) is 17.7 Å². The summed E-state index contributed by atoms with van der Waals surface area (Å²) in [6, 6.07) is 12.3. The minimum Gasteiger partial charge on any atom is -0.490 e. The van der Waals surface area contributed by atoms with Gasteiger partial charge in [-0.2, -0.15) is 0 Å². The predicted molar refractivity (Wildman–Crippen MR) is 148 cm³/mol. The van der Waals surface area contributed by atoms with Crippen molar-refractivity contribution >= 4 is 52.8 Å². The summed E-state index contributed by atoms with van der Waals surface area (Å²) >= 11 is 6.46. The number of urea groups is 1. The number of rotatable bonds is 8.